The van der Waals surface area contributed by atoms with E-state index in [-0.39, 0.29) is 17.7 Å². The summed E-state index contributed by atoms with van der Waals surface area (Å²) in [5, 5.41) is 3.07. The number of benzene rings is 3. The van der Waals surface area contributed by atoms with Gasteiger partial charge in [-0.3, -0.25) is 9.59 Å². The lowest BCUT2D eigenvalue weighted by atomic mass is 9.90. The van der Waals surface area contributed by atoms with Crippen molar-refractivity contribution < 1.29 is 9.59 Å². The Labute approximate surface area is 164 Å². The Bertz CT molecular complexity index is 960. The summed E-state index contributed by atoms with van der Waals surface area (Å²) in [5.41, 5.74) is 4.65. The molecule has 0 bridgehead atoms. The molecule has 140 valence electrons. The molecule has 0 saturated heterocycles. The van der Waals surface area contributed by atoms with Crippen molar-refractivity contribution in [2.75, 3.05) is 17.3 Å². The fourth-order valence-electron chi connectivity index (χ4n) is 3.73. The van der Waals surface area contributed by atoms with E-state index in [1.54, 1.807) is 11.9 Å². The Morgan fingerprint density at radius 3 is 2.11 bits per heavy atom. The first-order valence-electron chi connectivity index (χ1n) is 9.44. The van der Waals surface area contributed by atoms with Crippen molar-refractivity contribution in [1.82, 2.24) is 0 Å². The van der Waals surface area contributed by atoms with E-state index < -0.39 is 0 Å². The van der Waals surface area contributed by atoms with Gasteiger partial charge in [0.25, 0.3) is 0 Å². The minimum atomic E-state index is -0.386. The number of amides is 2. The Hall–Kier alpha value is -3.40. The van der Waals surface area contributed by atoms with Crippen molar-refractivity contribution in [3.05, 3.63) is 95.6 Å². The number of hydrogen-bond donors (Lipinski definition) is 1. The van der Waals surface area contributed by atoms with Crippen molar-refractivity contribution in [2.45, 2.75) is 18.8 Å². The summed E-state index contributed by atoms with van der Waals surface area (Å²) in [6.07, 6.45) is 1.20. The molecule has 0 radical (unpaired) electrons. The van der Waals surface area contributed by atoms with E-state index in [1.165, 1.54) is 0 Å². The molecule has 2 amide bonds. The van der Waals surface area contributed by atoms with Crippen molar-refractivity contribution in [3.8, 4) is 0 Å². The van der Waals surface area contributed by atoms with Crippen LogP contribution in [-0.4, -0.2) is 18.9 Å². The molecule has 0 atom stereocenters. The highest BCUT2D eigenvalue weighted by atomic mass is 16.2. The van der Waals surface area contributed by atoms with Crippen LogP contribution in [0.15, 0.2) is 78.9 Å². The zero-order chi connectivity index (χ0) is 19.5. The first-order valence-corrected chi connectivity index (χ1v) is 9.44. The Balaban J connectivity index is 1.63. The minimum absolute atomic E-state index is 0.0717. The Morgan fingerprint density at radius 2 is 1.50 bits per heavy atom. The largest absolute Gasteiger partial charge is 0.325 e. The van der Waals surface area contributed by atoms with Gasteiger partial charge in [-0.2, -0.15) is 0 Å². The number of carbonyl (C=O) groups excluding carboxylic acids is 2. The fraction of sp³-hybridized carbons (Fsp3) is 0.167. The highest BCUT2D eigenvalue weighted by molar-refractivity contribution is 6.00. The van der Waals surface area contributed by atoms with Crippen LogP contribution in [0.4, 0.5) is 11.4 Å². The average molecular weight is 370 g/mol. The van der Waals surface area contributed by atoms with Crippen LogP contribution in [-0.2, 0) is 16.0 Å². The first kappa shape index (κ1) is 18.0. The molecular formula is C24H22N2O2. The number of aryl methyl sites for hydroxylation is 1. The van der Waals surface area contributed by atoms with Gasteiger partial charge in [-0.15, -0.1) is 0 Å². The smallest absolute Gasteiger partial charge is 0.236 e. The van der Waals surface area contributed by atoms with E-state index in [9.17, 15) is 9.59 Å². The van der Waals surface area contributed by atoms with Gasteiger partial charge >= 0.3 is 0 Å². The molecule has 1 N–H and O–H groups in total. The third-order valence-electron chi connectivity index (χ3n) is 5.22. The predicted octanol–water partition coefficient (Wildman–Crippen LogP) is 4.37. The normalized spacial score (nSPS) is 13.4. The maximum Gasteiger partial charge on any atom is 0.236 e. The highest BCUT2D eigenvalue weighted by Crippen LogP contribution is 2.31. The van der Waals surface area contributed by atoms with Crippen molar-refractivity contribution in [3.63, 3.8) is 0 Å². The van der Waals surface area contributed by atoms with E-state index in [4.69, 9.17) is 0 Å². The minimum Gasteiger partial charge on any atom is -0.325 e. The molecule has 3 aromatic rings. The molecule has 0 saturated carbocycles. The van der Waals surface area contributed by atoms with Crippen LogP contribution in [0.1, 0.15) is 29.0 Å². The molecular weight excluding hydrogens is 348 g/mol. The average Bonchev–Trinajstić information content (AvgIpc) is 2.73. The maximum absolute atomic E-state index is 13.2. The fourth-order valence-corrected chi connectivity index (χ4v) is 3.73. The summed E-state index contributed by atoms with van der Waals surface area (Å²) in [6.45, 7) is 0. The number of nitrogens with zero attached hydrogens (tertiary/aromatic N) is 1. The van der Waals surface area contributed by atoms with Crippen LogP contribution in [0.2, 0.25) is 0 Å². The van der Waals surface area contributed by atoms with Crippen molar-refractivity contribution >= 4 is 23.2 Å². The van der Waals surface area contributed by atoms with E-state index in [2.05, 4.69) is 5.32 Å². The SMILES string of the molecule is CN1C(=O)CCc2cc(NC(=O)C(c3ccccc3)c3ccccc3)ccc21. The van der Waals surface area contributed by atoms with E-state index >= 15 is 0 Å². The van der Waals surface area contributed by atoms with Crippen molar-refractivity contribution in [1.29, 1.82) is 0 Å². The molecule has 0 aromatic heterocycles. The maximum atomic E-state index is 13.2. The van der Waals surface area contributed by atoms with E-state index in [1.807, 2.05) is 78.9 Å². The molecule has 1 aliphatic rings. The number of carbonyl (C=O) groups is 2. The van der Waals surface area contributed by atoms with Crippen LogP contribution in [0, 0.1) is 0 Å². The molecule has 1 aliphatic heterocycles. The molecule has 0 aliphatic carbocycles. The van der Waals surface area contributed by atoms with Gasteiger partial charge in [-0.25, -0.2) is 0 Å². The zero-order valence-corrected chi connectivity index (χ0v) is 15.8. The molecule has 0 spiro atoms. The topological polar surface area (TPSA) is 49.4 Å². The first-order chi connectivity index (χ1) is 13.6. The number of anilines is 2. The molecule has 28 heavy (non-hydrogen) atoms. The Morgan fingerprint density at radius 1 is 0.893 bits per heavy atom. The molecule has 0 unspecified atom stereocenters. The number of hydrogen-bond acceptors (Lipinski definition) is 2. The number of fused-ring (bicyclic) bond motifs is 1. The summed E-state index contributed by atoms with van der Waals surface area (Å²) < 4.78 is 0. The van der Waals surface area contributed by atoms with Crippen molar-refractivity contribution in [2.24, 2.45) is 0 Å². The summed E-state index contributed by atoms with van der Waals surface area (Å²) in [6, 6.07) is 25.3. The quantitative estimate of drug-likeness (QED) is 0.741. The monoisotopic (exact) mass is 370 g/mol. The van der Waals surface area contributed by atoms with E-state index in [0.717, 1.165) is 28.1 Å². The van der Waals surface area contributed by atoms with Crippen LogP contribution in [0.25, 0.3) is 0 Å². The number of rotatable bonds is 4. The third-order valence-corrected chi connectivity index (χ3v) is 5.22. The lowest BCUT2D eigenvalue weighted by molar-refractivity contribution is -0.118. The summed E-state index contributed by atoms with van der Waals surface area (Å²) >= 11 is 0. The lowest BCUT2D eigenvalue weighted by Gasteiger charge is -2.26. The standard InChI is InChI=1S/C24H22N2O2/c1-26-21-14-13-20(16-19(21)12-15-22(26)27)25-24(28)23(17-8-4-2-5-9-17)18-10-6-3-7-11-18/h2-11,13-14,16,23H,12,15H2,1H3,(H,25,28). The van der Waals surface area contributed by atoms with Crippen LogP contribution < -0.4 is 10.2 Å². The predicted molar refractivity (Wildman–Crippen MR) is 112 cm³/mol. The molecule has 1 heterocycles. The molecule has 0 fully saturated rings. The van der Waals surface area contributed by atoms with Crippen LogP contribution >= 0.6 is 0 Å². The van der Waals surface area contributed by atoms with Gasteiger partial charge in [0, 0.05) is 24.8 Å². The second-order valence-corrected chi connectivity index (χ2v) is 7.04. The van der Waals surface area contributed by atoms with Gasteiger partial charge in [0.2, 0.25) is 11.8 Å². The van der Waals surface area contributed by atoms with Gasteiger partial charge in [-0.1, -0.05) is 60.7 Å². The van der Waals surface area contributed by atoms with Gasteiger partial charge in [0.1, 0.15) is 0 Å². The summed E-state index contributed by atoms with van der Waals surface area (Å²) in [7, 11) is 1.79. The third kappa shape index (κ3) is 3.54. The molecule has 4 nitrogen and oxygen atoms in total. The second kappa shape index (κ2) is 7.69. The van der Waals surface area contributed by atoms with Gasteiger partial charge in [-0.05, 0) is 41.3 Å². The molecule has 4 rings (SSSR count). The lowest BCUT2D eigenvalue weighted by Crippen LogP contribution is -2.31. The van der Waals surface area contributed by atoms with Crippen LogP contribution in [0.5, 0.6) is 0 Å². The Kier molecular flexibility index (Phi) is 4.94. The second-order valence-electron chi connectivity index (χ2n) is 7.04. The molecule has 4 heteroatoms. The van der Waals surface area contributed by atoms with Crippen LogP contribution in [0.3, 0.4) is 0 Å². The van der Waals surface area contributed by atoms with Gasteiger partial charge in [0.05, 0.1) is 5.92 Å². The van der Waals surface area contributed by atoms with E-state index in [0.29, 0.717) is 12.8 Å². The summed E-state index contributed by atoms with van der Waals surface area (Å²) in [5.74, 6) is -0.335. The van der Waals surface area contributed by atoms with Gasteiger partial charge < -0.3 is 10.2 Å². The molecule has 3 aromatic carbocycles. The number of nitrogens with one attached hydrogen (secondary N) is 1. The summed E-state index contributed by atoms with van der Waals surface area (Å²) in [4.78, 5) is 26.8. The highest BCUT2D eigenvalue weighted by Gasteiger charge is 2.24. The van der Waals surface area contributed by atoms with Gasteiger partial charge in [0.15, 0.2) is 0 Å². The zero-order valence-electron chi connectivity index (χ0n) is 15.8.